The Balaban J connectivity index is 2.52. The van der Waals surface area contributed by atoms with E-state index < -0.39 is 30.6 Å². The standard InChI is InChI=1S/C12H12ClNO5S2/c13-11-4-2-1-3-10(11)9-5-7-12(8-6-9,20(14,15)16)21(17,18)19/h1-7H,8H2,(H2,14,15,16)(H,17,18,19). The predicted octanol–water partition coefficient (Wildman–Crippen LogP) is 1.56. The molecule has 0 heterocycles. The first-order valence-electron chi connectivity index (χ1n) is 5.72. The normalized spacial score (nSPS) is 22.9. The summed E-state index contributed by atoms with van der Waals surface area (Å²) in [6.07, 6.45) is 3.00. The molecule has 0 aliphatic heterocycles. The summed E-state index contributed by atoms with van der Waals surface area (Å²) in [7, 11) is -9.50. The highest BCUT2D eigenvalue weighted by Crippen LogP contribution is 2.36. The maximum Gasteiger partial charge on any atom is 0.290 e. The highest BCUT2D eigenvalue weighted by Gasteiger charge is 2.51. The molecule has 0 aromatic heterocycles. The van der Waals surface area contributed by atoms with Gasteiger partial charge >= 0.3 is 0 Å². The number of hydrogen-bond acceptors (Lipinski definition) is 4. The summed E-state index contributed by atoms with van der Waals surface area (Å²) < 4.78 is 52.8. The number of halogens is 1. The molecule has 1 aromatic carbocycles. The molecule has 21 heavy (non-hydrogen) atoms. The Morgan fingerprint density at radius 3 is 2.24 bits per heavy atom. The number of rotatable bonds is 3. The van der Waals surface area contributed by atoms with Crippen LogP contribution in [0.25, 0.3) is 5.57 Å². The van der Waals surface area contributed by atoms with Gasteiger partial charge in [0.15, 0.2) is 0 Å². The van der Waals surface area contributed by atoms with Crippen molar-refractivity contribution in [3.63, 3.8) is 0 Å². The van der Waals surface area contributed by atoms with Gasteiger partial charge < -0.3 is 0 Å². The van der Waals surface area contributed by atoms with Gasteiger partial charge in [-0.1, -0.05) is 42.0 Å². The van der Waals surface area contributed by atoms with Crippen molar-refractivity contribution >= 4 is 37.3 Å². The Bertz CT molecular complexity index is 808. The second kappa shape index (κ2) is 5.22. The van der Waals surface area contributed by atoms with Gasteiger partial charge in [-0.05, 0) is 23.3 Å². The van der Waals surface area contributed by atoms with Crippen LogP contribution in [-0.4, -0.2) is 25.5 Å². The number of allylic oxidation sites excluding steroid dienone is 3. The quantitative estimate of drug-likeness (QED) is 0.803. The molecule has 0 radical (unpaired) electrons. The largest absolute Gasteiger partial charge is 0.290 e. The first kappa shape index (κ1) is 16.2. The zero-order chi connectivity index (χ0) is 15.9. The van der Waals surface area contributed by atoms with E-state index in [1.807, 2.05) is 0 Å². The van der Waals surface area contributed by atoms with E-state index in [1.165, 1.54) is 12.2 Å². The third kappa shape index (κ3) is 2.77. The molecular weight excluding hydrogens is 338 g/mol. The van der Waals surface area contributed by atoms with Crippen molar-refractivity contribution in [2.45, 2.75) is 10.5 Å². The molecule has 0 saturated carbocycles. The minimum atomic E-state index is -4.94. The van der Waals surface area contributed by atoms with Gasteiger partial charge in [0.1, 0.15) is 0 Å². The molecule has 0 bridgehead atoms. The maximum absolute atomic E-state index is 11.6. The molecule has 9 heteroatoms. The molecule has 1 atom stereocenters. The molecule has 1 aliphatic carbocycles. The monoisotopic (exact) mass is 349 g/mol. The minimum absolute atomic E-state index is 0.434. The van der Waals surface area contributed by atoms with Gasteiger partial charge in [0.05, 0.1) is 0 Å². The molecule has 2 rings (SSSR count). The van der Waals surface area contributed by atoms with Crippen LogP contribution in [0.4, 0.5) is 0 Å². The number of primary sulfonamides is 1. The molecule has 1 unspecified atom stereocenters. The van der Waals surface area contributed by atoms with Gasteiger partial charge in [-0.2, -0.15) is 8.42 Å². The van der Waals surface area contributed by atoms with E-state index >= 15 is 0 Å². The molecule has 3 N–H and O–H groups in total. The summed E-state index contributed by atoms with van der Waals surface area (Å²) in [5, 5.41) is 5.41. The van der Waals surface area contributed by atoms with Crippen LogP contribution in [0.2, 0.25) is 5.02 Å². The highest BCUT2D eigenvalue weighted by molar-refractivity contribution is 8.07. The highest BCUT2D eigenvalue weighted by atomic mass is 35.5. The molecular formula is C12H12ClNO5S2. The topological polar surface area (TPSA) is 115 Å². The summed E-state index contributed by atoms with van der Waals surface area (Å²) in [6, 6.07) is 6.82. The van der Waals surface area contributed by atoms with E-state index in [4.69, 9.17) is 16.7 Å². The summed E-state index contributed by atoms with van der Waals surface area (Å²) in [5.74, 6) is 0. The van der Waals surface area contributed by atoms with Gasteiger partial charge in [-0.25, -0.2) is 13.6 Å². The maximum atomic E-state index is 11.6. The number of sulfonamides is 1. The summed E-state index contributed by atoms with van der Waals surface area (Å²) in [6.45, 7) is 0. The Morgan fingerprint density at radius 1 is 1.19 bits per heavy atom. The fraction of sp³-hybridized carbons (Fsp3) is 0.167. The molecule has 0 spiro atoms. The first-order chi connectivity index (χ1) is 9.58. The van der Waals surface area contributed by atoms with E-state index in [0.717, 1.165) is 6.08 Å². The van der Waals surface area contributed by atoms with Gasteiger partial charge in [-0.15, -0.1) is 0 Å². The minimum Gasteiger partial charge on any atom is -0.284 e. The van der Waals surface area contributed by atoms with Crippen molar-refractivity contribution in [3.8, 4) is 0 Å². The van der Waals surface area contributed by atoms with Crippen molar-refractivity contribution in [3.05, 3.63) is 53.1 Å². The Labute approximate surface area is 127 Å². The second-order valence-electron chi connectivity index (χ2n) is 4.51. The molecule has 0 fully saturated rings. The van der Waals surface area contributed by atoms with Crippen molar-refractivity contribution < 1.29 is 21.4 Å². The zero-order valence-electron chi connectivity index (χ0n) is 10.6. The molecule has 0 saturated heterocycles. The van der Waals surface area contributed by atoms with Crippen LogP contribution in [0, 0.1) is 0 Å². The fourth-order valence-electron chi connectivity index (χ4n) is 2.05. The van der Waals surface area contributed by atoms with Crippen LogP contribution in [-0.2, 0) is 20.1 Å². The lowest BCUT2D eigenvalue weighted by molar-refractivity contribution is 0.464. The molecule has 114 valence electrons. The predicted molar refractivity (Wildman–Crippen MR) is 80.6 cm³/mol. The van der Waals surface area contributed by atoms with E-state index in [9.17, 15) is 21.4 Å². The van der Waals surface area contributed by atoms with Crippen molar-refractivity contribution in [1.82, 2.24) is 0 Å². The van der Waals surface area contributed by atoms with Crippen LogP contribution >= 0.6 is 11.6 Å². The van der Waals surface area contributed by atoms with Crippen LogP contribution in [0.15, 0.2) is 42.5 Å². The fourth-order valence-corrected chi connectivity index (χ4v) is 4.58. The van der Waals surface area contributed by atoms with Gasteiger partial charge in [0, 0.05) is 11.4 Å². The summed E-state index contributed by atoms with van der Waals surface area (Å²) in [4.78, 5) is 0. The average Bonchev–Trinajstić information content (AvgIpc) is 2.37. The van der Waals surface area contributed by atoms with Gasteiger partial charge in [0.2, 0.25) is 14.1 Å². The van der Waals surface area contributed by atoms with Crippen molar-refractivity contribution in [1.29, 1.82) is 0 Å². The average molecular weight is 350 g/mol. The second-order valence-corrected chi connectivity index (χ2v) is 8.67. The lowest BCUT2D eigenvalue weighted by Crippen LogP contribution is -2.48. The third-order valence-corrected chi connectivity index (χ3v) is 7.33. The van der Waals surface area contributed by atoms with E-state index in [0.29, 0.717) is 16.2 Å². The number of nitrogens with two attached hydrogens (primary N) is 1. The Morgan fingerprint density at radius 2 is 1.81 bits per heavy atom. The van der Waals surface area contributed by atoms with Crippen LogP contribution in [0.3, 0.4) is 0 Å². The zero-order valence-corrected chi connectivity index (χ0v) is 13.0. The van der Waals surface area contributed by atoms with E-state index in [1.54, 1.807) is 24.3 Å². The SMILES string of the molecule is NS(=O)(=O)C1(S(=O)(=O)O)C=CC(c2ccccc2Cl)=CC1. The number of hydrogen-bond donors (Lipinski definition) is 2. The smallest absolute Gasteiger partial charge is 0.284 e. The molecule has 1 aliphatic rings. The van der Waals surface area contributed by atoms with Gasteiger partial charge in [-0.3, -0.25) is 4.55 Å². The van der Waals surface area contributed by atoms with Gasteiger partial charge in [0.25, 0.3) is 10.1 Å². The van der Waals surface area contributed by atoms with E-state index in [-0.39, 0.29) is 0 Å². The molecule has 1 aromatic rings. The summed E-state index contributed by atoms with van der Waals surface area (Å²) in [5.41, 5.74) is 1.16. The van der Waals surface area contributed by atoms with Crippen LogP contribution in [0.1, 0.15) is 12.0 Å². The van der Waals surface area contributed by atoms with Crippen LogP contribution in [0.5, 0.6) is 0 Å². The Hall–Kier alpha value is -1.19. The number of benzene rings is 1. The van der Waals surface area contributed by atoms with E-state index in [2.05, 4.69) is 0 Å². The van der Waals surface area contributed by atoms with Crippen molar-refractivity contribution in [2.24, 2.45) is 5.14 Å². The molecule has 6 nitrogen and oxygen atoms in total. The lowest BCUT2D eigenvalue weighted by atomic mass is 9.99. The van der Waals surface area contributed by atoms with Crippen LogP contribution < -0.4 is 5.14 Å². The van der Waals surface area contributed by atoms with Crippen molar-refractivity contribution in [2.75, 3.05) is 0 Å². The first-order valence-corrected chi connectivity index (χ1v) is 9.09. The summed E-state index contributed by atoms with van der Waals surface area (Å²) >= 11 is 6.02. The lowest BCUT2D eigenvalue weighted by Gasteiger charge is -2.26. The third-order valence-electron chi connectivity index (χ3n) is 3.23. The molecule has 0 amide bonds. The Kier molecular flexibility index (Phi) is 4.02.